The van der Waals surface area contributed by atoms with E-state index < -0.39 is 16.9 Å². The molecule has 1 atom stereocenters. The SMILES string of the molecule is C=CCOC(=O)C1=C(C)N=c2s/c(=C/c3cccc([N+](=O)[O-])c3)c(=O)n2[C@H]1c1ccccc1. The number of carbonyl (C=O) groups excluding carboxylic acids is 1. The van der Waals surface area contributed by atoms with Gasteiger partial charge in [0.25, 0.3) is 11.2 Å². The van der Waals surface area contributed by atoms with Crippen LogP contribution in [-0.2, 0) is 9.53 Å². The summed E-state index contributed by atoms with van der Waals surface area (Å²) in [5.74, 6) is -0.571. The van der Waals surface area contributed by atoms with Crippen molar-refractivity contribution in [2.75, 3.05) is 6.61 Å². The lowest BCUT2D eigenvalue weighted by molar-refractivity contribution is -0.384. The van der Waals surface area contributed by atoms with Crippen LogP contribution in [0.1, 0.15) is 24.1 Å². The Morgan fingerprint density at radius 2 is 2.03 bits per heavy atom. The second-order valence-electron chi connectivity index (χ2n) is 7.23. The van der Waals surface area contributed by atoms with Gasteiger partial charge >= 0.3 is 5.97 Å². The Balaban J connectivity index is 1.91. The third-order valence-electron chi connectivity index (χ3n) is 5.07. The number of thiazole rings is 1. The highest BCUT2D eigenvalue weighted by Crippen LogP contribution is 2.30. The van der Waals surface area contributed by atoms with Crippen LogP contribution < -0.4 is 14.9 Å². The molecule has 0 bridgehead atoms. The molecule has 1 aliphatic heterocycles. The Labute approximate surface area is 192 Å². The lowest BCUT2D eigenvalue weighted by atomic mass is 9.96. The number of nitro groups is 1. The topological polar surface area (TPSA) is 104 Å². The number of allylic oxidation sites excluding steroid dienone is 1. The number of rotatable bonds is 6. The zero-order chi connectivity index (χ0) is 23.5. The molecular weight excluding hydrogens is 442 g/mol. The summed E-state index contributed by atoms with van der Waals surface area (Å²) in [5.41, 5.74) is 1.58. The Bertz CT molecular complexity index is 1470. The molecule has 2 heterocycles. The van der Waals surface area contributed by atoms with Gasteiger partial charge in [-0.05, 0) is 24.1 Å². The van der Waals surface area contributed by atoms with Crippen LogP contribution in [0, 0.1) is 10.1 Å². The molecule has 166 valence electrons. The number of aromatic nitrogens is 1. The number of ether oxygens (including phenoxy) is 1. The molecule has 0 amide bonds. The van der Waals surface area contributed by atoms with Gasteiger partial charge in [0.15, 0.2) is 4.80 Å². The summed E-state index contributed by atoms with van der Waals surface area (Å²) < 4.78 is 7.11. The molecule has 0 fully saturated rings. The average Bonchev–Trinajstić information content (AvgIpc) is 3.11. The Morgan fingerprint density at radius 1 is 1.27 bits per heavy atom. The minimum Gasteiger partial charge on any atom is -0.458 e. The second kappa shape index (κ2) is 9.17. The number of carbonyl (C=O) groups is 1. The molecule has 4 rings (SSSR count). The van der Waals surface area contributed by atoms with Crippen molar-refractivity contribution in [3.8, 4) is 0 Å². The van der Waals surface area contributed by atoms with Crippen LogP contribution in [0.2, 0.25) is 0 Å². The minimum absolute atomic E-state index is 0.0360. The van der Waals surface area contributed by atoms with Crippen molar-refractivity contribution in [1.82, 2.24) is 4.57 Å². The summed E-state index contributed by atoms with van der Waals surface area (Å²) in [5, 5.41) is 11.1. The van der Waals surface area contributed by atoms with E-state index in [0.717, 1.165) is 16.9 Å². The number of nitrogens with zero attached hydrogens (tertiary/aromatic N) is 3. The van der Waals surface area contributed by atoms with Crippen LogP contribution >= 0.6 is 11.3 Å². The Hall–Kier alpha value is -4.11. The first-order valence-electron chi connectivity index (χ1n) is 10.0. The maximum Gasteiger partial charge on any atom is 0.338 e. The monoisotopic (exact) mass is 461 g/mol. The first kappa shape index (κ1) is 22.1. The predicted octanol–water partition coefficient (Wildman–Crippen LogP) is 2.87. The third-order valence-corrected chi connectivity index (χ3v) is 6.05. The number of esters is 1. The second-order valence-corrected chi connectivity index (χ2v) is 8.24. The molecule has 0 radical (unpaired) electrons. The van der Waals surface area contributed by atoms with Crippen molar-refractivity contribution in [3.63, 3.8) is 0 Å². The molecule has 8 nitrogen and oxygen atoms in total. The molecule has 2 aromatic carbocycles. The third kappa shape index (κ3) is 4.31. The van der Waals surface area contributed by atoms with Crippen LogP contribution in [0.3, 0.4) is 0 Å². The van der Waals surface area contributed by atoms with Crippen LogP contribution in [0.4, 0.5) is 5.69 Å². The molecule has 0 saturated carbocycles. The highest BCUT2D eigenvalue weighted by Gasteiger charge is 2.33. The van der Waals surface area contributed by atoms with E-state index in [1.807, 2.05) is 30.3 Å². The van der Waals surface area contributed by atoms with Gasteiger partial charge in [-0.2, -0.15) is 0 Å². The van der Waals surface area contributed by atoms with Gasteiger partial charge in [0.05, 0.1) is 26.8 Å². The van der Waals surface area contributed by atoms with Crippen molar-refractivity contribution >= 4 is 29.1 Å². The van der Waals surface area contributed by atoms with Crippen LogP contribution in [0.15, 0.2) is 88.3 Å². The first-order valence-corrected chi connectivity index (χ1v) is 10.8. The molecule has 1 aliphatic rings. The van der Waals surface area contributed by atoms with Gasteiger partial charge in [0.1, 0.15) is 6.61 Å². The van der Waals surface area contributed by atoms with Crippen molar-refractivity contribution in [2.24, 2.45) is 4.99 Å². The number of hydrogen-bond acceptors (Lipinski definition) is 7. The highest BCUT2D eigenvalue weighted by molar-refractivity contribution is 7.07. The largest absolute Gasteiger partial charge is 0.458 e. The van der Waals surface area contributed by atoms with E-state index in [1.165, 1.54) is 22.8 Å². The van der Waals surface area contributed by atoms with Crippen molar-refractivity contribution in [3.05, 3.63) is 119 Å². The molecular formula is C24H19N3O5S. The summed E-state index contributed by atoms with van der Waals surface area (Å²) in [6.45, 7) is 5.31. The molecule has 0 saturated heterocycles. The van der Waals surface area contributed by atoms with E-state index in [0.29, 0.717) is 20.6 Å². The number of nitro benzene ring substituents is 1. The summed E-state index contributed by atoms with van der Waals surface area (Å²) in [7, 11) is 0. The number of fused-ring (bicyclic) bond motifs is 1. The van der Waals surface area contributed by atoms with Gasteiger partial charge in [0.2, 0.25) is 0 Å². The summed E-state index contributed by atoms with van der Waals surface area (Å²) in [6.07, 6.45) is 3.06. The van der Waals surface area contributed by atoms with E-state index in [4.69, 9.17) is 4.74 Å². The number of hydrogen-bond donors (Lipinski definition) is 0. The van der Waals surface area contributed by atoms with E-state index in [-0.39, 0.29) is 23.4 Å². The average molecular weight is 461 g/mol. The van der Waals surface area contributed by atoms with Crippen molar-refractivity contribution in [2.45, 2.75) is 13.0 Å². The molecule has 0 aliphatic carbocycles. The van der Waals surface area contributed by atoms with Gasteiger partial charge in [-0.15, -0.1) is 0 Å². The van der Waals surface area contributed by atoms with Gasteiger partial charge in [-0.3, -0.25) is 19.5 Å². The fourth-order valence-electron chi connectivity index (χ4n) is 3.63. The van der Waals surface area contributed by atoms with Gasteiger partial charge in [-0.25, -0.2) is 9.79 Å². The molecule has 0 N–H and O–H groups in total. The normalized spacial score (nSPS) is 15.5. The fourth-order valence-corrected chi connectivity index (χ4v) is 4.67. The maximum absolute atomic E-state index is 13.5. The van der Waals surface area contributed by atoms with Gasteiger partial charge < -0.3 is 4.74 Å². The lowest BCUT2D eigenvalue weighted by Gasteiger charge is -2.24. The number of benzene rings is 2. The predicted molar refractivity (Wildman–Crippen MR) is 124 cm³/mol. The molecule has 0 unspecified atom stereocenters. The minimum atomic E-state index is -0.716. The van der Waals surface area contributed by atoms with Crippen LogP contribution in [0.25, 0.3) is 6.08 Å². The van der Waals surface area contributed by atoms with Crippen LogP contribution in [-0.4, -0.2) is 22.1 Å². The quantitative estimate of drug-likeness (QED) is 0.243. The lowest BCUT2D eigenvalue weighted by Crippen LogP contribution is -2.39. The van der Waals surface area contributed by atoms with E-state index in [2.05, 4.69) is 11.6 Å². The van der Waals surface area contributed by atoms with E-state index in [9.17, 15) is 19.7 Å². The maximum atomic E-state index is 13.5. The zero-order valence-corrected chi connectivity index (χ0v) is 18.5. The van der Waals surface area contributed by atoms with Gasteiger partial charge in [0, 0.05) is 12.1 Å². The van der Waals surface area contributed by atoms with Crippen molar-refractivity contribution in [1.29, 1.82) is 0 Å². The zero-order valence-electron chi connectivity index (χ0n) is 17.6. The molecule has 9 heteroatoms. The van der Waals surface area contributed by atoms with Crippen molar-refractivity contribution < 1.29 is 14.5 Å². The Morgan fingerprint density at radius 3 is 2.73 bits per heavy atom. The highest BCUT2D eigenvalue weighted by atomic mass is 32.1. The fraction of sp³-hybridized carbons (Fsp3) is 0.125. The molecule has 0 spiro atoms. The summed E-state index contributed by atoms with van der Waals surface area (Å²) >= 11 is 1.16. The van der Waals surface area contributed by atoms with Crippen LogP contribution in [0.5, 0.6) is 0 Å². The van der Waals surface area contributed by atoms with E-state index >= 15 is 0 Å². The smallest absolute Gasteiger partial charge is 0.338 e. The van der Waals surface area contributed by atoms with Gasteiger partial charge in [-0.1, -0.05) is 66.5 Å². The van der Waals surface area contributed by atoms with E-state index in [1.54, 1.807) is 25.1 Å². The molecule has 33 heavy (non-hydrogen) atoms. The number of non-ortho nitro benzene ring substituents is 1. The first-order chi connectivity index (χ1) is 15.9. The molecule has 1 aromatic heterocycles. The Kier molecular flexibility index (Phi) is 6.14. The molecule has 3 aromatic rings. The summed E-state index contributed by atoms with van der Waals surface area (Å²) in [4.78, 5) is 41.9. The summed E-state index contributed by atoms with van der Waals surface area (Å²) in [6, 6.07) is 14.5. The standard InChI is InChI=1S/C24H19N3O5S/c1-3-12-32-23(29)20-15(2)25-24-26(21(20)17-9-5-4-6-10-17)22(28)19(33-24)14-16-8-7-11-18(13-16)27(30)31/h3-11,13-14,21H,1,12H2,2H3/b19-14+/t21-/m0/s1.